The number of nitrogens with zero attached hydrogens (tertiary/aromatic N) is 2. The van der Waals surface area contributed by atoms with Gasteiger partial charge in [-0.05, 0) is 44.7 Å². The zero-order valence-electron chi connectivity index (χ0n) is 10.4. The number of nitro benzene ring substituents is 1. The standard InChI is InChI=1S/C11H13Br2N3O4/c12-8-5-7(16(18)19)6-9(13)11(8)20-4-2-1-3-10(14)15-17/h5-6,17H,1-4H2,(H2,14,15). The van der Waals surface area contributed by atoms with Gasteiger partial charge in [0.15, 0.2) is 0 Å². The maximum Gasteiger partial charge on any atom is 0.271 e. The number of oxime groups is 1. The molecule has 3 N–H and O–H groups in total. The molecule has 7 nitrogen and oxygen atoms in total. The van der Waals surface area contributed by atoms with E-state index < -0.39 is 4.92 Å². The Labute approximate surface area is 132 Å². The molecule has 0 radical (unpaired) electrons. The van der Waals surface area contributed by atoms with Gasteiger partial charge >= 0.3 is 0 Å². The van der Waals surface area contributed by atoms with E-state index in [-0.39, 0.29) is 11.5 Å². The number of hydrogen-bond donors (Lipinski definition) is 2. The van der Waals surface area contributed by atoms with E-state index in [2.05, 4.69) is 37.0 Å². The van der Waals surface area contributed by atoms with E-state index in [1.807, 2.05) is 0 Å². The van der Waals surface area contributed by atoms with Gasteiger partial charge in [-0.25, -0.2) is 0 Å². The minimum Gasteiger partial charge on any atom is -0.491 e. The Hall–Kier alpha value is -1.35. The molecular weight excluding hydrogens is 398 g/mol. The quantitative estimate of drug-likeness (QED) is 0.178. The zero-order valence-corrected chi connectivity index (χ0v) is 13.6. The molecule has 0 aromatic heterocycles. The molecule has 0 atom stereocenters. The molecule has 1 rings (SSSR count). The van der Waals surface area contributed by atoms with Gasteiger partial charge in [-0.15, -0.1) is 0 Å². The van der Waals surface area contributed by atoms with Gasteiger partial charge in [0.05, 0.1) is 20.5 Å². The van der Waals surface area contributed by atoms with Crippen LogP contribution in [0.5, 0.6) is 5.75 Å². The number of nitro groups is 1. The Morgan fingerprint density at radius 1 is 1.40 bits per heavy atom. The summed E-state index contributed by atoms with van der Waals surface area (Å²) in [7, 11) is 0. The van der Waals surface area contributed by atoms with Gasteiger partial charge in [0.2, 0.25) is 0 Å². The molecule has 1 aromatic carbocycles. The third-order valence-corrected chi connectivity index (χ3v) is 3.57. The molecule has 0 fully saturated rings. The molecule has 9 heteroatoms. The van der Waals surface area contributed by atoms with Gasteiger partial charge in [-0.1, -0.05) is 5.16 Å². The van der Waals surface area contributed by atoms with Gasteiger partial charge < -0.3 is 15.7 Å². The van der Waals surface area contributed by atoms with Crippen molar-refractivity contribution in [3.05, 3.63) is 31.2 Å². The fraction of sp³-hybridized carbons (Fsp3) is 0.364. The molecule has 0 heterocycles. The predicted molar refractivity (Wildman–Crippen MR) is 81.3 cm³/mol. The molecule has 0 bridgehead atoms. The van der Waals surface area contributed by atoms with Crippen molar-refractivity contribution in [3.63, 3.8) is 0 Å². The smallest absolute Gasteiger partial charge is 0.271 e. The maximum atomic E-state index is 10.7. The van der Waals surface area contributed by atoms with E-state index in [4.69, 9.17) is 15.7 Å². The summed E-state index contributed by atoms with van der Waals surface area (Å²) in [5.41, 5.74) is 5.31. The van der Waals surface area contributed by atoms with Crippen molar-refractivity contribution >= 4 is 43.4 Å². The SMILES string of the molecule is NC(CCCCOc1c(Br)cc([N+](=O)[O-])cc1Br)=NO. The lowest BCUT2D eigenvalue weighted by molar-refractivity contribution is -0.385. The lowest BCUT2D eigenvalue weighted by Crippen LogP contribution is -2.11. The van der Waals surface area contributed by atoms with E-state index in [1.165, 1.54) is 12.1 Å². The molecule has 0 amide bonds. The topological polar surface area (TPSA) is 111 Å². The summed E-state index contributed by atoms with van der Waals surface area (Å²) < 4.78 is 6.58. The van der Waals surface area contributed by atoms with E-state index in [1.54, 1.807) is 0 Å². The predicted octanol–water partition coefficient (Wildman–Crippen LogP) is 3.42. The van der Waals surface area contributed by atoms with Crippen LogP contribution in [0.4, 0.5) is 5.69 Å². The number of benzene rings is 1. The Kier molecular flexibility index (Phi) is 6.73. The largest absolute Gasteiger partial charge is 0.491 e. The zero-order chi connectivity index (χ0) is 15.1. The van der Waals surface area contributed by atoms with Crippen LogP contribution >= 0.6 is 31.9 Å². The highest BCUT2D eigenvalue weighted by molar-refractivity contribution is 9.11. The van der Waals surface area contributed by atoms with Crippen molar-refractivity contribution in [2.24, 2.45) is 10.9 Å². The first kappa shape index (κ1) is 16.7. The second kappa shape index (κ2) is 8.05. The summed E-state index contributed by atoms with van der Waals surface area (Å²) in [6.45, 7) is 0.424. The van der Waals surface area contributed by atoms with Crippen LogP contribution in [0.2, 0.25) is 0 Å². The van der Waals surface area contributed by atoms with E-state index >= 15 is 0 Å². The van der Waals surface area contributed by atoms with Crippen molar-refractivity contribution in [1.29, 1.82) is 0 Å². The highest BCUT2D eigenvalue weighted by atomic mass is 79.9. The molecule has 0 saturated heterocycles. The van der Waals surface area contributed by atoms with Crippen LogP contribution in [0.1, 0.15) is 19.3 Å². The normalized spacial score (nSPS) is 11.4. The summed E-state index contributed by atoms with van der Waals surface area (Å²) in [6, 6.07) is 2.77. The molecule has 0 aliphatic rings. The molecular formula is C11H13Br2N3O4. The van der Waals surface area contributed by atoms with Gasteiger partial charge in [-0.2, -0.15) is 0 Å². The van der Waals surface area contributed by atoms with Crippen molar-refractivity contribution in [1.82, 2.24) is 0 Å². The molecule has 0 aliphatic heterocycles. The van der Waals surface area contributed by atoms with Crippen molar-refractivity contribution in [2.75, 3.05) is 6.61 Å². The third kappa shape index (κ3) is 4.97. The van der Waals surface area contributed by atoms with Crippen LogP contribution in [-0.4, -0.2) is 22.6 Å². The molecule has 1 aromatic rings. The number of halogens is 2. The van der Waals surface area contributed by atoms with Crippen molar-refractivity contribution in [2.45, 2.75) is 19.3 Å². The minimum atomic E-state index is -0.476. The van der Waals surface area contributed by atoms with Crippen molar-refractivity contribution < 1.29 is 14.9 Å². The highest BCUT2D eigenvalue weighted by Crippen LogP contribution is 2.37. The molecule has 110 valence electrons. The number of rotatable bonds is 7. The highest BCUT2D eigenvalue weighted by Gasteiger charge is 2.14. The van der Waals surface area contributed by atoms with Gasteiger partial charge in [0, 0.05) is 18.6 Å². The summed E-state index contributed by atoms with van der Waals surface area (Å²) in [4.78, 5) is 10.2. The van der Waals surface area contributed by atoms with Crippen LogP contribution in [0.3, 0.4) is 0 Å². The number of unbranched alkanes of at least 4 members (excludes halogenated alkanes) is 1. The summed E-state index contributed by atoms with van der Waals surface area (Å²) >= 11 is 6.48. The van der Waals surface area contributed by atoms with Gasteiger partial charge in [-0.3, -0.25) is 10.1 Å². The Bertz CT molecular complexity index is 499. The Balaban J connectivity index is 2.54. The molecule has 0 spiro atoms. The molecule has 0 aliphatic carbocycles. The Morgan fingerprint density at radius 2 is 2.00 bits per heavy atom. The van der Waals surface area contributed by atoms with Gasteiger partial charge in [0.25, 0.3) is 5.69 Å². The monoisotopic (exact) mass is 409 g/mol. The maximum absolute atomic E-state index is 10.7. The lowest BCUT2D eigenvalue weighted by Gasteiger charge is -2.10. The first-order valence-electron chi connectivity index (χ1n) is 5.68. The van der Waals surface area contributed by atoms with E-state index in [0.29, 0.717) is 34.1 Å². The first-order chi connectivity index (χ1) is 9.45. The first-order valence-corrected chi connectivity index (χ1v) is 7.27. The number of ether oxygens (including phenoxy) is 1. The van der Waals surface area contributed by atoms with Crippen LogP contribution < -0.4 is 10.5 Å². The number of nitrogens with two attached hydrogens (primary N) is 1. The fourth-order valence-electron chi connectivity index (χ4n) is 1.42. The van der Waals surface area contributed by atoms with Crippen LogP contribution in [0, 0.1) is 10.1 Å². The Morgan fingerprint density at radius 3 is 2.50 bits per heavy atom. The van der Waals surface area contributed by atoms with Crippen LogP contribution in [-0.2, 0) is 0 Å². The van der Waals surface area contributed by atoms with Crippen LogP contribution in [0.25, 0.3) is 0 Å². The summed E-state index contributed by atoms with van der Waals surface area (Å²) in [6.07, 6.45) is 1.92. The van der Waals surface area contributed by atoms with E-state index in [0.717, 1.165) is 6.42 Å². The van der Waals surface area contributed by atoms with E-state index in [9.17, 15) is 10.1 Å². The summed E-state index contributed by atoms with van der Waals surface area (Å²) in [5.74, 6) is 0.696. The van der Waals surface area contributed by atoms with Gasteiger partial charge in [0.1, 0.15) is 11.6 Å². The number of non-ortho nitro benzene ring substituents is 1. The third-order valence-electron chi connectivity index (χ3n) is 2.40. The fourth-order valence-corrected chi connectivity index (χ4v) is 2.81. The van der Waals surface area contributed by atoms with Crippen molar-refractivity contribution in [3.8, 4) is 5.75 Å². The van der Waals surface area contributed by atoms with Crippen LogP contribution in [0.15, 0.2) is 26.2 Å². The lowest BCUT2D eigenvalue weighted by atomic mass is 10.2. The second-order valence-corrected chi connectivity index (χ2v) is 5.60. The molecule has 20 heavy (non-hydrogen) atoms. The number of amidine groups is 1. The molecule has 0 saturated carbocycles. The second-order valence-electron chi connectivity index (χ2n) is 3.89. The molecule has 0 unspecified atom stereocenters. The average molecular weight is 411 g/mol. The number of hydrogen-bond acceptors (Lipinski definition) is 5. The average Bonchev–Trinajstić information content (AvgIpc) is 2.40. The minimum absolute atomic E-state index is 0.0250. The summed E-state index contributed by atoms with van der Waals surface area (Å²) in [5, 5.41) is 21.9.